The highest BCUT2D eigenvalue weighted by molar-refractivity contribution is 6.38. The first-order valence-electron chi connectivity index (χ1n) is 24.3. The molecular formula is C47H68N12O10. The highest BCUT2D eigenvalue weighted by Gasteiger charge is 2.54. The number of Topliss-reactive ketones (excluding diaryl/α,β-unsaturated/α-hetero) is 1. The molecular weight excluding hydrogens is 893 g/mol. The van der Waals surface area contributed by atoms with E-state index in [9.17, 15) is 44.1 Å². The van der Waals surface area contributed by atoms with Crippen molar-refractivity contribution < 1.29 is 48.8 Å². The van der Waals surface area contributed by atoms with E-state index in [0.29, 0.717) is 30.6 Å². The lowest BCUT2D eigenvalue weighted by molar-refractivity contribution is -0.146. The zero-order chi connectivity index (χ0) is 49.8. The molecule has 0 aromatic carbocycles. The van der Waals surface area contributed by atoms with Crippen LogP contribution in [0.3, 0.4) is 0 Å². The van der Waals surface area contributed by atoms with E-state index in [1.54, 1.807) is 4.90 Å². The molecule has 5 amide bonds. The Labute approximate surface area is 400 Å². The smallest absolute Gasteiger partial charge is 0.289 e. The molecule has 2 aliphatic heterocycles. The number of amides is 5. The van der Waals surface area contributed by atoms with E-state index in [1.807, 2.05) is 27.7 Å². The van der Waals surface area contributed by atoms with Gasteiger partial charge in [0.2, 0.25) is 23.5 Å². The van der Waals surface area contributed by atoms with Gasteiger partial charge in [0, 0.05) is 25.0 Å². The standard InChI is InChI=1S/C36H53N7O6.C11H15N5O4/c1-5-10-25(29(44)34(48)39-23-15-16-23)40-33(47)28-24-14-9-13-22(24)20-43(28)35(49)30(36(2,3)4)42-32(46)27(21-11-7-6-8-12-21)41-31(45)26-19-37-17-18-38-26;1-11(19)7(18)5(2-17)20-10(11)16-4-15-6-8(12)13-3-14-9(6)16/h17-19,21-25,27-28,30H,5-16,20H2,1-4H3,(H,39,48)(H,40,47)(H,41,45)(H,42,46);3-5,7,10,17-19H,2H2,1H3,(H2,12,13,14)/t22-,24-,25-,27-,28-,30+;5-,7-,10-,11-/m01/s1. The zero-order valence-electron chi connectivity index (χ0n) is 40.0. The number of nitrogen functional groups attached to an aromatic ring is 1. The number of likely N-dealkylation sites (tertiary alicyclic amines) is 1. The number of hydrogen-bond acceptors (Lipinski definition) is 16. The average molecular weight is 961 g/mol. The van der Waals surface area contributed by atoms with Crippen LogP contribution in [0.4, 0.5) is 5.82 Å². The Bertz CT molecular complexity index is 2330. The predicted molar refractivity (Wildman–Crippen MR) is 248 cm³/mol. The van der Waals surface area contributed by atoms with Crippen LogP contribution < -0.4 is 27.0 Å². The van der Waals surface area contributed by atoms with E-state index < -0.39 is 89.6 Å². The number of nitrogens with two attached hydrogens (primary N) is 1. The fourth-order valence-electron chi connectivity index (χ4n) is 10.3. The second-order valence-electron chi connectivity index (χ2n) is 20.5. The number of ketones is 1. The van der Waals surface area contributed by atoms with E-state index >= 15 is 0 Å². The van der Waals surface area contributed by atoms with Crippen molar-refractivity contribution in [1.82, 2.24) is 55.7 Å². The number of imidazole rings is 1. The van der Waals surface area contributed by atoms with Gasteiger partial charge in [-0.1, -0.05) is 59.8 Å². The number of nitrogens with zero attached hydrogens (tertiary/aromatic N) is 7. The lowest BCUT2D eigenvalue weighted by atomic mass is 9.82. The molecule has 0 bridgehead atoms. The number of fused-ring (bicyclic) bond motifs is 2. The molecule has 5 aliphatic rings. The monoisotopic (exact) mass is 961 g/mol. The predicted octanol–water partition coefficient (Wildman–Crippen LogP) is 0.856. The van der Waals surface area contributed by atoms with E-state index in [-0.39, 0.29) is 41.2 Å². The Kier molecular flexibility index (Phi) is 15.9. The molecule has 5 heterocycles. The quantitative estimate of drug-likeness (QED) is 0.0980. The number of ether oxygens (including phenoxy) is 1. The van der Waals surface area contributed by atoms with E-state index in [4.69, 9.17) is 10.5 Å². The normalized spacial score (nSPS) is 27.0. The number of aromatic nitrogens is 6. The van der Waals surface area contributed by atoms with Crippen LogP contribution >= 0.6 is 0 Å². The van der Waals surface area contributed by atoms with E-state index in [2.05, 4.69) is 46.2 Å². The summed E-state index contributed by atoms with van der Waals surface area (Å²) in [4.78, 5) is 103. The van der Waals surface area contributed by atoms with Gasteiger partial charge in [-0.15, -0.1) is 0 Å². The van der Waals surface area contributed by atoms with E-state index in [0.717, 1.165) is 64.2 Å². The minimum absolute atomic E-state index is 0.0132. The van der Waals surface area contributed by atoms with Crippen LogP contribution in [0.25, 0.3) is 11.2 Å². The maximum Gasteiger partial charge on any atom is 0.289 e. The summed E-state index contributed by atoms with van der Waals surface area (Å²) < 4.78 is 6.97. The third-order valence-electron chi connectivity index (χ3n) is 14.2. The van der Waals surface area contributed by atoms with Crippen LogP contribution in [0.5, 0.6) is 0 Å². The molecule has 9 N–H and O–H groups in total. The zero-order valence-corrected chi connectivity index (χ0v) is 40.0. The fraction of sp³-hybridized carbons (Fsp3) is 0.681. The van der Waals surface area contributed by atoms with Gasteiger partial charge in [0.25, 0.3) is 11.8 Å². The van der Waals surface area contributed by atoms with Crippen LogP contribution in [-0.4, -0.2) is 146 Å². The molecule has 0 radical (unpaired) electrons. The maximum absolute atomic E-state index is 14.6. The molecule has 3 aromatic heterocycles. The number of carbonyl (C=O) groups is 6. The summed E-state index contributed by atoms with van der Waals surface area (Å²) in [5.41, 5.74) is 4.23. The van der Waals surface area contributed by atoms with Gasteiger partial charge >= 0.3 is 0 Å². The number of aliphatic hydroxyl groups excluding tert-OH is 2. The van der Waals surface area contributed by atoms with Crippen molar-refractivity contribution in [3.05, 3.63) is 36.9 Å². The van der Waals surface area contributed by atoms with Crippen LogP contribution in [0.2, 0.25) is 0 Å². The molecule has 3 aliphatic carbocycles. The Morgan fingerprint density at radius 1 is 0.942 bits per heavy atom. The average Bonchev–Trinajstić information content (AvgIpc) is 3.58. The summed E-state index contributed by atoms with van der Waals surface area (Å²) in [5.74, 6) is -2.99. The van der Waals surface area contributed by atoms with Gasteiger partial charge in [0.1, 0.15) is 53.5 Å². The SMILES string of the molecule is CCC[C@H](NC(=O)[C@@H]1[C@H]2CCC[C@H]2CN1C(=O)[C@@H](NC(=O)[C@@H](NC(=O)c1cnccn1)C1CCCCC1)C(C)(C)C)C(=O)C(=O)NC1CC1.C[C@@]1(O)[C@H](O)[C@@H](CO)O[C@H]1n1cnc2c(N)ncnc21. The highest BCUT2D eigenvalue weighted by Crippen LogP contribution is 2.44. The van der Waals surface area contributed by atoms with Crippen molar-refractivity contribution in [3.63, 3.8) is 0 Å². The molecule has 376 valence electrons. The molecule has 0 unspecified atom stereocenters. The number of aliphatic hydroxyl groups is 3. The van der Waals surface area contributed by atoms with Gasteiger partial charge < -0.3 is 52.0 Å². The molecule has 22 nitrogen and oxygen atoms in total. The summed E-state index contributed by atoms with van der Waals surface area (Å²) in [6.07, 6.45) is 13.5. The molecule has 2 saturated heterocycles. The molecule has 5 fully saturated rings. The minimum Gasteiger partial charge on any atom is -0.394 e. The summed E-state index contributed by atoms with van der Waals surface area (Å²) in [7, 11) is 0. The Hall–Kier alpha value is -5.71. The van der Waals surface area contributed by atoms with Gasteiger partial charge in [-0.2, -0.15) is 0 Å². The molecule has 3 saturated carbocycles. The molecule has 0 spiro atoms. The van der Waals surface area contributed by atoms with Gasteiger partial charge in [-0.3, -0.25) is 38.3 Å². The number of anilines is 1. The maximum atomic E-state index is 14.6. The lowest BCUT2D eigenvalue weighted by Crippen LogP contribution is -2.62. The van der Waals surface area contributed by atoms with Gasteiger partial charge in [-0.05, 0) is 75.0 Å². The number of nitrogens with one attached hydrogen (secondary N) is 4. The van der Waals surface area contributed by atoms with Gasteiger partial charge in [0.15, 0.2) is 17.7 Å². The molecule has 10 atom stereocenters. The topological polar surface area (TPSA) is 319 Å². The highest BCUT2D eigenvalue weighted by atomic mass is 16.6. The fourth-order valence-corrected chi connectivity index (χ4v) is 10.3. The van der Waals surface area contributed by atoms with Crippen molar-refractivity contribution in [2.45, 2.75) is 166 Å². The van der Waals surface area contributed by atoms with Gasteiger partial charge in [0.05, 0.1) is 25.2 Å². The second kappa shape index (κ2) is 21.5. The summed E-state index contributed by atoms with van der Waals surface area (Å²) in [5, 5.41) is 41.1. The third kappa shape index (κ3) is 11.3. The van der Waals surface area contributed by atoms with Crippen LogP contribution in [0, 0.1) is 23.2 Å². The number of rotatable bonds is 15. The first-order valence-corrected chi connectivity index (χ1v) is 24.3. The third-order valence-corrected chi connectivity index (χ3v) is 14.2. The molecule has 8 rings (SSSR count). The van der Waals surface area contributed by atoms with Crippen LogP contribution in [0.1, 0.15) is 128 Å². The lowest BCUT2D eigenvalue weighted by Gasteiger charge is -2.38. The number of carbonyl (C=O) groups excluding carboxylic acids is 6. The first kappa shape index (κ1) is 51.1. The molecule has 22 heteroatoms. The van der Waals surface area contributed by atoms with Crippen molar-refractivity contribution in [2.24, 2.45) is 23.2 Å². The second-order valence-corrected chi connectivity index (χ2v) is 20.5. The largest absolute Gasteiger partial charge is 0.394 e. The van der Waals surface area contributed by atoms with Crippen molar-refractivity contribution in [3.8, 4) is 0 Å². The van der Waals surface area contributed by atoms with Crippen molar-refractivity contribution in [1.29, 1.82) is 0 Å². The van der Waals surface area contributed by atoms with Crippen LogP contribution in [-0.2, 0) is 28.7 Å². The summed E-state index contributed by atoms with van der Waals surface area (Å²) in [6.45, 7) is 8.87. The minimum atomic E-state index is -1.60. The molecule has 69 heavy (non-hydrogen) atoms. The van der Waals surface area contributed by atoms with Gasteiger partial charge in [-0.25, -0.2) is 19.9 Å². The Morgan fingerprint density at radius 2 is 1.68 bits per heavy atom. The summed E-state index contributed by atoms with van der Waals surface area (Å²) >= 11 is 0. The van der Waals surface area contributed by atoms with Crippen molar-refractivity contribution >= 4 is 52.3 Å². The first-order chi connectivity index (χ1) is 32.8. The van der Waals surface area contributed by atoms with Crippen LogP contribution in [0.15, 0.2) is 31.2 Å². The Morgan fingerprint density at radius 3 is 2.32 bits per heavy atom. The van der Waals surface area contributed by atoms with E-state index in [1.165, 1.54) is 42.7 Å². The number of hydrogen-bond donors (Lipinski definition) is 8. The Balaban J connectivity index is 0.000000291. The van der Waals surface area contributed by atoms with Crippen molar-refractivity contribution in [2.75, 3.05) is 18.9 Å². The summed E-state index contributed by atoms with van der Waals surface area (Å²) in [6, 6.07) is -3.68. The molecule has 3 aromatic rings.